The Morgan fingerprint density at radius 2 is 1.69 bits per heavy atom. The van der Waals surface area contributed by atoms with Gasteiger partial charge in [0.15, 0.2) is 5.16 Å². The first-order valence-corrected chi connectivity index (χ1v) is 10.6. The highest BCUT2D eigenvalue weighted by molar-refractivity contribution is 7.98. The van der Waals surface area contributed by atoms with Gasteiger partial charge in [-0.3, -0.25) is 4.57 Å². The topological polar surface area (TPSA) is 27.1 Å². The number of hydrogen-bond donors (Lipinski definition) is 0. The first kappa shape index (κ1) is 22.0. The van der Waals surface area contributed by atoms with Crippen molar-refractivity contribution in [1.29, 1.82) is 0 Å². The number of rotatable bonds is 6. The summed E-state index contributed by atoms with van der Waals surface area (Å²) in [6, 6.07) is 18.5. The summed E-state index contributed by atoms with van der Waals surface area (Å²) in [5.41, 5.74) is 1.92. The number of aromatic nitrogens is 2. The van der Waals surface area contributed by atoms with Gasteiger partial charge in [-0.05, 0) is 60.2 Å². The number of thioether (sulfide) groups is 1. The van der Waals surface area contributed by atoms with E-state index in [9.17, 15) is 17.6 Å². The molecule has 0 saturated carbocycles. The highest BCUT2D eigenvalue weighted by atomic mass is 32.2. The molecule has 4 aromatic rings. The van der Waals surface area contributed by atoms with Crippen LogP contribution in [0.4, 0.5) is 17.6 Å². The van der Waals surface area contributed by atoms with Crippen LogP contribution in [0.5, 0.6) is 5.75 Å². The molecule has 3 nitrogen and oxygen atoms in total. The van der Waals surface area contributed by atoms with E-state index in [1.165, 1.54) is 30.0 Å². The van der Waals surface area contributed by atoms with Crippen LogP contribution in [0.1, 0.15) is 11.1 Å². The molecule has 0 radical (unpaired) electrons. The molecule has 0 fully saturated rings. The van der Waals surface area contributed by atoms with Gasteiger partial charge in [-0.15, -0.1) is 0 Å². The predicted octanol–water partition coefficient (Wildman–Crippen LogP) is 7.00. The van der Waals surface area contributed by atoms with Crippen LogP contribution in [-0.2, 0) is 11.9 Å². The summed E-state index contributed by atoms with van der Waals surface area (Å²) in [5, 5.41) is 0.527. The zero-order chi connectivity index (χ0) is 22.7. The van der Waals surface area contributed by atoms with Gasteiger partial charge >= 0.3 is 6.18 Å². The van der Waals surface area contributed by atoms with E-state index < -0.39 is 11.7 Å². The number of hydrogen-bond acceptors (Lipinski definition) is 3. The average molecular weight is 458 g/mol. The molecule has 32 heavy (non-hydrogen) atoms. The first-order chi connectivity index (χ1) is 15.3. The van der Waals surface area contributed by atoms with Crippen LogP contribution in [0.15, 0.2) is 84.1 Å². The van der Waals surface area contributed by atoms with Crippen molar-refractivity contribution in [1.82, 2.24) is 9.55 Å². The summed E-state index contributed by atoms with van der Waals surface area (Å²) in [4.78, 5) is 4.48. The fraction of sp³-hybridized carbons (Fsp3) is 0.125. The van der Waals surface area contributed by atoms with E-state index in [4.69, 9.17) is 4.74 Å². The number of benzene rings is 3. The summed E-state index contributed by atoms with van der Waals surface area (Å²) >= 11 is 1.36. The number of ether oxygens (including phenoxy) is 1. The van der Waals surface area contributed by atoms with Crippen molar-refractivity contribution < 1.29 is 22.3 Å². The molecule has 0 unspecified atom stereocenters. The number of methoxy groups -OCH3 is 1. The van der Waals surface area contributed by atoms with E-state index in [0.29, 0.717) is 28.0 Å². The molecule has 4 rings (SSSR count). The smallest absolute Gasteiger partial charge is 0.416 e. The number of halogens is 4. The van der Waals surface area contributed by atoms with Gasteiger partial charge < -0.3 is 4.74 Å². The van der Waals surface area contributed by atoms with E-state index in [0.717, 1.165) is 23.3 Å². The quantitative estimate of drug-likeness (QED) is 0.230. The second-order valence-electron chi connectivity index (χ2n) is 6.95. The minimum atomic E-state index is -4.46. The minimum Gasteiger partial charge on any atom is -0.497 e. The van der Waals surface area contributed by atoms with Crippen LogP contribution < -0.4 is 4.74 Å². The molecule has 0 spiro atoms. The highest BCUT2D eigenvalue weighted by Crippen LogP contribution is 2.35. The molecule has 3 aromatic carbocycles. The second kappa shape index (κ2) is 9.08. The van der Waals surface area contributed by atoms with Gasteiger partial charge in [-0.25, -0.2) is 9.37 Å². The van der Waals surface area contributed by atoms with Gasteiger partial charge in [0.1, 0.15) is 11.6 Å². The molecule has 0 aliphatic rings. The van der Waals surface area contributed by atoms with Crippen LogP contribution >= 0.6 is 11.8 Å². The Bertz CT molecular complexity index is 1200. The summed E-state index contributed by atoms with van der Waals surface area (Å²) in [6.07, 6.45) is -2.83. The number of nitrogens with zero attached hydrogens (tertiary/aromatic N) is 2. The van der Waals surface area contributed by atoms with Gasteiger partial charge in [0.05, 0.1) is 24.6 Å². The van der Waals surface area contributed by atoms with Crippen LogP contribution in [-0.4, -0.2) is 16.7 Å². The zero-order valence-electron chi connectivity index (χ0n) is 16.9. The molecular weight excluding hydrogens is 440 g/mol. The lowest BCUT2D eigenvalue weighted by atomic mass is 10.1. The van der Waals surface area contributed by atoms with E-state index in [-0.39, 0.29) is 5.82 Å². The second-order valence-corrected chi connectivity index (χ2v) is 7.90. The molecule has 164 valence electrons. The summed E-state index contributed by atoms with van der Waals surface area (Å²) < 4.78 is 60.1. The van der Waals surface area contributed by atoms with Crippen LogP contribution in [0.3, 0.4) is 0 Å². The molecule has 0 bridgehead atoms. The van der Waals surface area contributed by atoms with Crippen molar-refractivity contribution in [2.75, 3.05) is 7.11 Å². The van der Waals surface area contributed by atoms with E-state index in [2.05, 4.69) is 4.98 Å². The SMILES string of the molecule is COc1ccc(-c2cnc(SCc3ccc(F)cc3)n2-c2cccc(C(F)(F)F)c2)cc1. The maximum atomic E-state index is 13.3. The Hall–Kier alpha value is -3.26. The van der Waals surface area contributed by atoms with Gasteiger partial charge in [0.2, 0.25) is 0 Å². The number of imidazole rings is 1. The van der Waals surface area contributed by atoms with Crippen molar-refractivity contribution in [3.8, 4) is 22.7 Å². The third kappa shape index (κ3) is 4.80. The zero-order valence-corrected chi connectivity index (χ0v) is 17.8. The fourth-order valence-electron chi connectivity index (χ4n) is 3.20. The average Bonchev–Trinajstić information content (AvgIpc) is 3.22. The maximum absolute atomic E-state index is 13.3. The van der Waals surface area contributed by atoms with Crippen molar-refractivity contribution in [3.63, 3.8) is 0 Å². The Morgan fingerprint density at radius 1 is 0.969 bits per heavy atom. The van der Waals surface area contributed by atoms with E-state index in [1.807, 2.05) is 12.1 Å². The first-order valence-electron chi connectivity index (χ1n) is 9.62. The van der Waals surface area contributed by atoms with E-state index in [1.54, 1.807) is 48.2 Å². The Labute approximate surface area is 186 Å². The number of alkyl halides is 3. The molecule has 0 aliphatic heterocycles. The summed E-state index contributed by atoms with van der Waals surface area (Å²) in [5.74, 6) is 0.828. The Morgan fingerprint density at radius 3 is 2.34 bits per heavy atom. The summed E-state index contributed by atoms with van der Waals surface area (Å²) in [6.45, 7) is 0. The lowest BCUT2D eigenvalue weighted by Gasteiger charge is -2.15. The highest BCUT2D eigenvalue weighted by Gasteiger charge is 2.31. The van der Waals surface area contributed by atoms with E-state index >= 15 is 0 Å². The molecule has 1 aromatic heterocycles. The van der Waals surface area contributed by atoms with Crippen LogP contribution in [0, 0.1) is 5.82 Å². The van der Waals surface area contributed by atoms with Crippen molar-refractivity contribution in [3.05, 3.63) is 95.9 Å². The largest absolute Gasteiger partial charge is 0.497 e. The molecule has 0 atom stereocenters. The molecule has 0 saturated heterocycles. The fourth-order valence-corrected chi connectivity index (χ4v) is 4.15. The van der Waals surface area contributed by atoms with Crippen molar-refractivity contribution in [2.45, 2.75) is 17.1 Å². The monoisotopic (exact) mass is 458 g/mol. The van der Waals surface area contributed by atoms with Gasteiger partial charge in [-0.2, -0.15) is 13.2 Å². The Kier molecular flexibility index (Phi) is 6.23. The summed E-state index contributed by atoms with van der Waals surface area (Å²) in [7, 11) is 1.56. The molecule has 0 aliphatic carbocycles. The Balaban J connectivity index is 1.76. The standard InChI is InChI=1S/C24H18F4N2OS/c1-31-21-11-7-17(8-12-21)22-14-29-23(32-15-16-5-9-19(25)10-6-16)30(22)20-4-2-3-18(13-20)24(26,27)28/h2-14H,15H2,1H3. The van der Waals surface area contributed by atoms with Gasteiger partial charge in [0.25, 0.3) is 0 Å². The molecular formula is C24H18F4N2OS. The lowest BCUT2D eigenvalue weighted by Crippen LogP contribution is -2.07. The van der Waals surface area contributed by atoms with Gasteiger partial charge in [0, 0.05) is 17.0 Å². The van der Waals surface area contributed by atoms with Crippen LogP contribution in [0.25, 0.3) is 16.9 Å². The molecule has 0 N–H and O–H groups in total. The molecule has 8 heteroatoms. The predicted molar refractivity (Wildman–Crippen MR) is 117 cm³/mol. The van der Waals surface area contributed by atoms with Crippen LogP contribution in [0.2, 0.25) is 0 Å². The van der Waals surface area contributed by atoms with Gasteiger partial charge in [-0.1, -0.05) is 30.0 Å². The molecule has 1 heterocycles. The minimum absolute atomic E-state index is 0.328. The normalized spacial score (nSPS) is 11.5. The van der Waals surface area contributed by atoms with Crippen molar-refractivity contribution >= 4 is 11.8 Å². The third-order valence-electron chi connectivity index (χ3n) is 4.83. The third-order valence-corrected chi connectivity index (χ3v) is 5.85. The van der Waals surface area contributed by atoms with Crippen molar-refractivity contribution in [2.24, 2.45) is 0 Å². The maximum Gasteiger partial charge on any atom is 0.416 e. The molecule has 0 amide bonds. The lowest BCUT2D eigenvalue weighted by molar-refractivity contribution is -0.137.